The summed E-state index contributed by atoms with van der Waals surface area (Å²) in [5.74, 6) is 0.163. The summed E-state index contributed by atoms with van der Waals surface area (Å²) in [4.78, 5) is 31.6. The maximum absolute atomic E-state index is 15.9. The number of aromatic nitrogens is 7. The molecular weight excluding hydrogens is 634 g/mol. The molecular formula is C21H24FN10O8PS2. The van der Waals surface area contributed by atoms with Crippen LogP contribution in [0.2, 0.25) is 0 Å². The van der Waals surface area contributed by atoms with E-state index in [1.54, 1.807) is 4.57 Å². The second kappa shape index (κ2) is 10.6. The molecule has 0 amide bonds. The quantitative estimate of drug-likeness (QED) is 0.204. The topological polar surface area (TPSA) is 239 Å². The first kappa shape index (κ1) is 28.8. The molecule has 230 valence electrons. The number of nitrogens with one attached hydrogen (secondary N) is 1. The highest BCUT2D eigenvalue weighted by atomic mass is 32.5. The van der Waals surface area contributed by atoms with E-state index in [-0.39, 0.29) is 24.4 Å². The highest BCUT2D eigenvalue weighted by Gasteiger charge is 2.51. The molecule has 0 bridgehead atoms. The molecule has 7 heterocycles. The maximum atomic E-state index is 15.9. The number of anilines is 2. The molecule has 6 N–H and O–H groups in total. The Morgan fingerprint density at radius 2 is 1.81 bits per heavy atom. The number of halogens is 1. The number of hydrogen-bond acceptors (Lipinski definition) is 15. The highest BCUT2D eigenvalue weighted by Crippen LogP contribution is 2.50. The van der Waals surface area contributed by atoms with Crippen molar-refractivity contribution in [3.8, 4) is 0 Å². The van der Waals surface area contributed by atoms with E-state index in [1.165, 1.54) is 35.8 Å². The molecule has 0 saturated carbocycles. The van der Waals surface area contributed by atoms with Crippen LogP contribution >= 0.6 is 6.72 Å². The van der Waals surface area contributed by atoms with E-state index < -0.39 is 66.7 Å². The summed E-state index contributed by atoms with van der Waals surface area (Å²) < 4.78 is 75.5. The van der Waals surface area contributed by atoms with Crippen molar-refractivity contribution in [1.82, 2.24) is 38.8 Å². The van der Waals surface area contributed by atoms with Crippen molar-refractivity contribution in [3.05, 3.63) is 31.2 Å². The lowest BCUT2D eigenvalue weighted by atomic mass is 10.1. The van der Waals surface area contributed by atoms with Gasteiger partial charge >= 0.3 is 17.0 Å². The summed E-state index contributed by atoms with van der Waals surface area (Å²) in [5.41, 5.74) is 13.4. The van der Waals surface area contributed by atoms with Crippen molar-refractivity contribution in [2.45, 2.75) is 49.5 Å². The highest BCUT2D eigenvalue weighted by molar-refractivity contribution is 8.07. The van der Waals surface area contributed by atoms with Crippen LogP contribution in [0.4, 0.5) is 15.9 Å². The molecule has 3 fully saturated rings. The van der Waals surface area contributed by atoms with Gasteiger partial charge in [0.1, 0.15) is 41.9 Å². The third-order valence-corrected chi connectivity index (χ3v) is 9.86. The number of nitrogens with two attached hydrogens (primary N) is 2. The van der Waals surface area contributed by atoms with E-state index in [4.69, 9.17) is 46.0 Å². The first-order chi connectivity index (χ1) is 20.5. The minimum atomic E-state index is -4.58. The molecule has 3 saturated heterocycles. The van der Waals surface area contributed by atoms with Crippen molar-refractivity contribution in [2.24, 2.45) is 0 Å². The summed E-state index contributed by atoms with van der Waals surface area (Å²) in [7, 11) is -4.58. The molecule has 7 rings (SSSR count). The van der Waals surface area contributed by atoms with Crippen LogP contribution in [-0.2, 0) is 44.8 Å². The van der Waals surface area contributed by atoms with Gasteiger partial charge in [-0.1, -0.05) is 0 Å². The van der Waals surface area contributed by atoms with E-state index in [1.807, 2.05) is 0 Å². The number of imidazole rings is 2. The molecule has 0 aliphatic carbocycles. The zero-order chi connectivity index (χ0) is 30.1. The van der Waals surface area contributed by atoms with Gasteiger partial charge in [0.25, 0.3) is 0 Å². The second-order valence-electron chi connectivity index (χ2n) is 9.95. The lowest BCUT2D eigenvalue weighted by molar-refractivity contribution is -0.0453. The van der Waals surface area contributed by atoms with Gasteiger partial charge in [-0.25, -0.2) is 33.5 Å². The number of pyridine rings is 1. The van der Waals surface area contributed by atoms with Gasteiger partial charge in [0.2, 0.25) is 0 Å². The number of ether oxygens (including phenoxy) is 2. The summed E-state index contributed by atoms with van der Waals surface area (Å²) >= 11 is 5.24. The first-order valence-corrected chi connectivity index (χ1v) is 16.8. The Balaban J connectivity index is 1.15. The van der Waals surface area contributed by atoms with E-state index in [0.29, 0.717) is 22.4 Å². The van der Waals surface area contributed by atoms with Gasteiger partial charge in [-0.2, -0.15) is 13.1 Å². The van der Waals surface area contributed by atoms with Gasteiger partial charge < -0.3 is 34.9 Å². The Hall–Kier alpha value is -2.98. The summed E-state index contributed by atoms with van der Waals surface area (Å²) in [6.07, 6.45) is -3.68. The Kier molecular flexibility index (Phi) is 7.08. The van der Waals surface area contributed by atoms with E-state index in [0.717, 1.165) is 0 Å². The van der Waals surface area contributed by atoms with Crippen LogP contribution in [0.25, 0.3) is 22.3 Å². The lowest BCUT2D eigenvalue weighted by Gasteiger charge is -2.27. The van der Waals surface area contributed by atoms with Crippen LogP contribution in [0, 0.1) is 0 Å². The molecule has 8 atom stereocenters. The number of alkyl halides is 1. The standard InChI is InChI=1S/C21H24FN10O8PS2/c22-14-17-12(38-21(14)32-8-28-15-9(23)1-2-25-19(15)32)5-36-41(33,42)39-10-3-13(37-11(10)4-30-43(34,35)40-17)31-7-29-16-18(24)26-6-27-20(16)31/h1-2,6-8,10-14,17,21,30H,3-5H2,(H2,23,25)(H,33,42)(H2,24,26,27)/t10-,11+,12+,13+,14+,17+,21+,41?/m0/s1. The van der Waals surface area contributed by atoms with Crippen molar-refractivity contribution in [2.75, 3.05) is 24.6 Å². The molecule has 18 nitrogen and oxygen atoms in total. The fraction of sp³-hybridized carbons (Fsp3) is 0.476. The maximum Gasteiger partial charge on any atom is 0.336 e. The Morgan fingerprint density at radius 3 is 2.65 bits per heavy atom. The first-order valence-electron chi connectivity index (χ1n) is 12.8. The van der Waals surface area contributed by atoms with E-state index in [9.17, 15) is 13.3 Å². The number of nitrogens with zero attached hydrogens (tertiary/aromatic N) is 7. The van der Waals surface area contributed by atoms with Crippen LogP contribution in [0.3, 0.4) is 0 Å². The predicted molar refractivity (Wildman–Crippen MR) is 148 cm³/mol. The molecule has 4 aromatic heterocycles. The number of hydrogen-bond donors (Lipinski definition) is 4. The number of nitrogen functional groups attached to an aromatic ring is 2. The average molecular weight is 659 g/mol. The molecule has 1 unspecified atom stereocenters. The van der Waals surface area contributed by atoms with Gasteiger partial charge in [0.05, 0.1) is 31.1 Å². The average Bonchev–Trinajstić information content (AvgIpc) is 3.72. The Morgan fingerprint density at radius 1 is 1.05 bits per heavy atom. The van der Waals surface area contributed by atoms with Crippen molar-refractivity contribution >= 4 is 62.7 Å². The zero-order valence-electron chi connectivity index (χ0n) is 21.8. The minimum absolute atomic E-state index is 0.103. The monoisotopic (exact) mass is 658 g/mol. The molecule has 3 aliphatic rings. The van der Waals surface area contributed by atoms with Gasteiger partial charge in [-0.15, -0.1) is 0 Å². The summed E-state index contributed by atoms with van der Waals surface area (Å²) in [6, 6.07) is 1.53. The molecule has 4 aromatic rings. The van der Waals surface area contributed by atoms with Crippen molar-refractivity contribution in [1.29, 1.82) is 0 Å². The Labute approximate surface area is 247 Å². The Bertz CT molecular complexity index is 1860. The number of rotatable bonds is 2. The van der Waals surface area contributed by atoms with Crippen molar-refractivity contribution < 1.29 is 40.4 Å². The van der Waals surface area contributed by atoms with Gasteiger partial charge in [-0.3, -0.25) is 9.13 Å². The zero-order valence-corrected chi connectivity index (χ0v) is 24.3. The number of fused-ring (bicyclic) bond motifs is 4. The third kappa shape index (κ3) is 5.24. The molecule has 22 heteroatoms. The minimum Gasteiger partial charge on any atom is -0.397 e. The van der Waals surface area contributed by atoms with Crippen LogP contribution in [-0.4, -0.2) is 91.1 Å². The largest absolute Gasteiger partial charge is 0.397 e. The van der Waals surface area contributed by atoms with Gasteiger partial charge in [0, 0.05) is 19.2 Å². The van der Waals surface area contributed by atoms with Crippen LogP contribution < -0.4 is 16.2 Å². The van der Waals surface area contributed by atoms with E-state index in [2.05, 4.69) is 29.6 Å². The van der Waals surface area contributed by atoms with Gasteiger partial charge in [0.15, 0.2) is 29.5 Å². The molecule has 43 heavy (non-hydrogen) atoms. The van der Waals surface area contributed by atoms with Gasteiger partial charge in [-0.05, 0) is 17.9 Å². The SMILES string of the molecule is Nc1ccnc2c1ncn2[C@@H]1O[C@@H]2COP(O)(=S)O[C@H]3C[C@H](n4cnc5c(N)ncnc54)O[C@@H]3CNS(=O)(=O)O[C@H]2[C@H]1F. The van der Waals surface area contributed by atoms with E-state index >= 15 is 4.39 Å². The second-order valence-corrected chi connectivity index (χ2v) is 14.1. The predicted octanol–water partition coefficient (Wildman–Crippen LogP) is -0.190. The van der Waals surface area contributed by atoms with Crippen LogP contribution in [0.15, 0.2) is 31.2 Å². The lowest BCUT2D eigenvalue weighted by Crippen LogP contribution is -2.44. The molecule has 0 radical (unpaired) electrons. The summed E-state index contributed by atoms with van der Waals surface area (Å²) in [6.45, 7) is -4.93. The third-order valence-electron chi connectivity index (χ3n) is 7.28. The molecule has 0 spiro atoms. The van der Waals surface area contributed by atoms with Crippen LogP contribution in [0.1, 0.15) is 18.9 Å². The molecule has 0 aromatic carbocycles. The van der Waals surface area contributed by atoms with Crippen LogP contribution in [0.5, 0.6) is 0 Å². The smallest absolute Gasteiger partial charge is 0.336 e. The normalized spacial score (nSPS) is 34.9. The fourth-order valence-electron chi connectivity index (χ4n) is 5.29. The summed E-state index contributed by atoms with van der Waals surface area (Å²) in [5, 5.41) is 0. The fourth-order valence-corrected chi connectivity index (χ4v) is 7.72. The van der Waals surface area contributed by atoms with Crippen molar-refractivity contribution in [3.63, 3.8) is 0 Å². The molecule has 3 aliphatic heterocycles.